The summed E-state index contributed by atoms with van der Waals surface area (Å²) in [5.74, 6) is -3.01. The van der Waals surface area contributed by atoms with Crippen molar-refractivity contribution in [2.24, 2.45) is 5.10 Å². The second-order valence-electron chi connectivity index (χ2n) is 6.64. The molecule has 0 aliphatic carbocycles. The lowest BCUT2D eigenvalue weighted by Gasteiger charge is -2.11. The number of rotatable bonds is 5. The van der Waals surface area contributed by atoms with Gasteiger partial charge in [-0.15, -0.1) is 0 Å². The van der Waals surface area contributed by atoms with Gasteiger partial charge in [-0.25, -0.2) is 10.2 Å². The number of hydrazone groups is 1. The molecule has 2 amide bonds. The van der Waals surface area contributed by atoms with Gasteiger partial charge in [0.05, 0.1) is 28.1 Å². The molecule has 0 aliphatic heterocycles. The van der Waals surface area contributed by atoms with Crippen LogP contribution in [-0.4, -0.2) is 24.0 Å². The van der Waals surface area contributed by atoms with E-state index in [1.54, 1.807) is 48.5 Å². The van der Waals surface area contributed by atoms with E-state index in [4.69, 9.17) is 16.3 Å². The summed E-state index contributed by atoms with van der Waals surface area (Å²) in [7, 11) is 0. The first kappa shape index (κ1) is 24.5. The van der Waals surface area contributed by atoms with Crippen molar-refractivity contribution in [3.63, 3.8) is 0 Å². The van der Waals surface area contributed by atoms with Gasteiger partial charge in [-0.3, -0.25) is 9.59 Å². The number of carbonyl (C=O) groups excluding carboxylic acids is 3. The Hall–Kier alpha value is -4.18. The van der Waals surface area contributed by atoms with Crippen molar-refractivity contribution in [1.82, 2.24) is 5.43 Å². The third-order valence-corrected chi connectivity index (χ3v) is 4.58. The molecule has 0 heterocycles. The molecule has 0 radical (unpaired) electrons. The molecule has 0 bridgehead atoms. The maximum absolute atomic E-state index is 12.8. The zero-order valence-electron chi connectivity index (χ0n) is 17.1. The number of amides is 2. The summed E-state index contributed by atoms with van der Waals surface area (Å²) in [5.41, 5.74) is 1.14. The van der Waals surface area contributed by atoms with E-state index < -0.39 is 35.2 Å². The number of esters is 1. The van der Waals surface area contributed by atoms with Crippen molar-refractivity contribution >= 4 is 41.3 Å². The Kier molecular flexibility index (Phi) is 7.64. The minimum Gasteiger partial charge on any atom is -0.422 e. The number of anilines is 1. The average Bonchev–Trinajstić information content (AvgIpc) is 2.81. The highest BCUT2D eigenvalue weighted by Crippen LogP contribution is 2.33. The number of benzene rings is 3. The quantitative estimate of drug-likeness (QED) is 0.179. The van der Waals surface area contributed by atoms with Crippen molar-refractivity contribution in [2.75, 3.05) is 5.32 Å². The number of nitrogens with zero attached hydrogens (tertiary/aromatic N) is 1. The van der Waals surface area contributed by atoms with Crippen molar-refractivity contribution in [3.05, 3.63) is 94.5 Å². The van der Waals surface area contributed by atoms with Crippen LogP contribution in [0.1, 0.15) is 21.5 Å². The minimum absolute atomic E-state index is 0.148. The number of hydrogen-bond donors (Lipinski definition) is 2. The van der Waals surface area contributed by atoms with Gasteiger partial charge in [0.2, 0.25) is 0 Å². The molecular formula is C23H15ClF3N3O4. The van der Waals surface area contributed by atoms with E-state index in [1.165, 1.54) is 6.07 Å². The van der Waals surface area contributed by atoms with Gasteiger partial charge in [-0.2, -0.15) is 18.3 Å². The largest absolute Gasteiger partial charge is 0.422 e. The highest BCUT2D eigenvalue weighted by atomic mass is 35.5. The van der Waals surface area contributed by atoms with E-state index in [9.17, 15) is 27.6 Å². The summed E-state index contributed by atoms with van der Waals surface area (Å²) in [4.78, 5) is 36.3. The topological polar surface area (TPSA) is 96.9 Å². The summed E-state index contributed by atoms with van der Waals surface area (Å²) in [6, 6.07) is 16.9. The van der Waals surface area contributed by atoms with Crippen LogP contribution in [0, 0.1) is 0 Å². The molecule has 0 unspecified atom stereocenters. The second-order valence-corrected chi connectivity index (χ2v) is 7.05. The molecule has 3 aromatic carbocycles. The van der Waals surface area contributed by atoms with Gasteiger partial charge in [0.1, 0.15) is 5.75 Å². The zero-order chi connectivity index (χ0) is 24.7. The van der Waals surface area contributed by atoms with E-state index in [-0.39, 0.29) is 10.8 Å². The van der Waals surface area contributed by atoms with Gasteiger partial charge in [0.25, 0.3) is 0 Å². The normalized spacial score (nSPS) is 11.2. The summed E-state index contributed by atoms with van der Waals surface area (Å²) >= 11 is 5.80. The van der Waals surface area contributed by atoms with Crippen LogP contribution in [0.3, 0.4) is 0 Å². The highest BCUT2D eigenvalue weighted by Gasteiger charge is 2.31. The zero-order valence-corrected chi connectivity index (χ0v) is 17.9. The van der Waals surface area contributed by atoms with E-state index in [1.807, 2.05) is 10.7 Å². The van der Waals surface area contributed by atoms with Crippen LogP contribution < -0.4 is 15.5 Å². The number of halogens is 4. The SMILES string of the molecule is O=C(N/N=C/c1ccccc1OC(=O)c1ccccc1)C(=O)Nc1cc(C(F)(F)F)ccc1Cl. The van der Waals surface area contributed by atoms with Crippen molar-refractivity contribution in [3.8, 4) is 5.75 Å². The summed E-state index contributed by atoms with van der Waals surface area (Å²) in [6.45, 7) is 0. The molecule has 174 valence electrons. The molecule has 0 spiro atoms. The van der Waals surface area contributed by atoms with Crippen LogP contribution in [0.5, 0.6) is 5.75 Å². The molecular weight excluding hydrogens is 475 g/mol. The second kappa shape index (κ2) is 10.6. The molecule has 3 rings (SSSR count). The number of ether oxygens (including phenoxy) is 1. The highest BCUT2D eigenvalue weighted by molar-refractivity contribution is 6.41. The Bertz CT molecular complexity index is 1250. The fraction of sp³-hybridized carbons (Fsp3) is 0.0435. The molecule has 0 aromatic heterocycles. The van der Waals surface area contributed by atoms with E-state index in [2.05, 4.69) is 5.10 Å². The van der Waals surface area contributed by atoms with Crippen LogP contribution in [0.2, 0.25) is 5.02 Å². The molecule has 7 nitrogen and oxygen atoms in total. The fourth-order valence-electron chi connectivity index (χ4n) is 2.60. The number of alkyl halides is 3. The van der Waals surface area contributed by atoms with E-state index in [0.717, 1.165) is 18.3 Å². The molecule has 11 heteroatoms. The van der Waals surface area contributed by atoms with Crippen LogP contribution in [0.25, 0.3) is 0 Å². The molecule has 3 aromatic rings. The number of para-hydroxylation sites is 1. The predicted molar refractivity (Wildman–Crippen MR) is 119 cm³/mol. The Labute approximate surface area is 196 Å². The Morgan fingerprint density at radius 2 is 1.59 bits per heavy atom. The number of nitrogens with one attached hydrogen (secondary N) is 2. The molecule has 0 saturated carbocycles. The van der Waals surface area contributed by atoms with Crippen LogP contribution in [0.4, 0.5) is 18.9 Å². The first-order chi connectivity index (χ1) is 16.1. The van der Waals surface area contributed by atoms with Gasteiger partial charge in [-0.05, 0) is 42.5 Å². The summed E-state index contributed by atoms with van der Waals surface area (Å²) in [6.07, 6.45) is -3.52. The number of carbonyl (C=O) groups is 3. The predicted octanol–water partition coefficient (Wildman–Crippen LogP) is 4.67. The monoisotopic (exact) mass is 489 g/mol. The van der Waals surface area contributed by atoms with E-state index in [0.29, 0.717) is 17.2 Å². The first-order valence-electron chi connectivity index (χ1n) is 9.52. The van der Waals surface area contributed by atoms with E-state index >= 15 is 0 Å². The maximum Gasteiger partial charge on any atom is 0.416 e. The van der Waals surface area contributed by atoms with Crippen LogP contribution in [-0.2, 0) is 15.8 Å². The lowest BCUT2D eigenvalue weighted by Crippen LogP contribution is -2.32. The maximum atomic E-state index is 12.8. The van der Waals surface area contributed by atoms with Gasteiger partial charge in [0, 0.05) is 5.56 Å². The molecule has 0 fully saturated rings. The lowest BCUT2D eigenvalue weighted by atomic mass is 10.2. The Balaban J connectivity index is 1.64. The smallest absolute Gasteiger partial charge is 0.416 e. The van der Waals surface area contributed by atoms with Crippen LogP contribution in [0.15, 0.2) is 77.9 Å². The van der Waals surface area contributed by atoms with Gasteiger partial charge < -0.3 is 10.1 Å². The third kappa shape index (κ3) is 6.42. The molecule has 2 N–H and O–H groups in total. The Morgan fingerprint density at radius 3 is 2.29 bits per heavy atom. The van der Waals surface area contributed by atoms with Crippen molar-refractivity contribution < 1.29 is 32.3 Å². The van der Waals surface area contributed by atoms with Gasteiger partial charge >= 0.3 is 24.0 Å². The third-order valence-electron chi connectivity index (χ3n) is 4.25. The Morgan fingerprint density at radius 1 is 0.912 bits per heavy atom. The summed E-state index contributed by atoms with van der Waals surface area (Å²) < 4.78 is 43.9. The fourth-order valence-corrected chi connectivity index (χ4v) is 2.77. The average molecular weight is 490 g/mol. The molecule has 0 aliphatic rings. The molecule has 0 atom stereocenters. The first-order valence-corrected chi connectivity index (χ1v) is 9.90. The summed E-state index contributed by atoms with van der Waals surface area (Å²) in [5, 5.41) is 5.45. The number of hydrogen-bond acceptors (Lipinski definition) is 5. The molecule has 0 saturated heterocycles. The standard InChI is InChI=1S/C23H15ClF3N3O4/c24-17-11-10-16(23(25,26)27)12-18(17)29-20(31)21(32)30-28-13-15-8-4-5-9-19(15)34-22(33)14-6-2-1-3-7-14/h1-13H,(H,29,31)(H,30,32)/b28-13+. The molecule has 34 heavy (non-hydrogen) atoms. The van der Waals surface area contributed by atoms with Crippen LogP contribution >= 0.6 is 11.6 Å². The van der Waals surface area contributed by atoms with Gasteiger partial charge in [0.15, 0.2) is 0 Å². The van der Waals surface area contributed by atoms with Crippen molar-refractivity contribution in [1.29, 1.82) is 0 Å². The lowest BCUT2D eigenvalue weighted by molar-refractivity contribution is -0.137. The minimum atomic E-state index is -4.66. The van der Waals surface area contributed by atoms with Gasteiger partial charge in [-0.1, -0.05) is 41.9 Å². The van der Waals surface area contributed by atoms with Crippen molar-refractivity contribution in [2.45, 2.75) is 6.18 Å².